The standard InChI is InChI=1S/C18H11Cl2N5O/c19-12-7-11(8-13(20)9-12)17-24-16(14-3-1-2-6-25(14)17)18(26)23-15-4-5-21-10-22-15/h1-10H,(H,21,22,23,26). The zero-order valence-corrected chi connectivity index (χ0v) is 14.7. The van der Waals surface area contributed by atoms with Gasteiger partial charge in [0.05, 0.1) is 5.52 Å². The van der Waals surface area contributed by atoms with Crippen molar-refractivity contribution in [3.05, 3.63) is 76.9 Å². The van der Waals surface area contributed by atoms with Gasteiger partial charge in [-0.1, -0.05) is 29.3 Å². The van der Waals surface area contributed by atoms with Crippen molar-refractivity contribution in [2.24, 2.45) is 0 Å². The van der Waals surface area contributed by atoms with Gasteiger partial charge in [0, 0.05) is 28.0 Å². The fraction of sp³-hybridized carbons (Fsp3) is 0. The summed E-state index contributed by atoms with van der Waals surface area (Å²) in [5, 5.41) is 3.71. The molecule has 3 aromatic heterocycles. The lowest BCUT2D eigenvalue weighted by atomic mass is 10.2. The molecule has 0 aliphatic heterocycles. The molecule has 0 atom stereocenters. The van der Waals surface area contributed by atoms with Crippen molar-refractivity contribution >= 4 is 40.4 Å². The van der Waals surface area contributed by atoms with E-state index >= 15 is 0 Å². The maximum Gasteiger partial charge on any atom is 0.277 e. The predicted molar refractivity (Wildman–Crippen MR) is 101 cm³/mol. The second kappa shape index (κ2) is 6.74. The molecule has 0 fully saturated rings. The molecule has 0 spiro atoms. The van der Waals surface area contributed by atoms with Crippen LogP contribution in [0.3, 0.4) is 0 Å². The highest BCUT2D eigenvalue weighted by atomic mass is 35.5. The molecule has 1 amide bonds. The van der Waals surface area contributed by atoms with Crippen molar-refractivity contribution in [1.29, 1.82) is 0 Å². The number of hydrogen-bond acceptors (Lipinski definition) is 4. The molecule has 4 aromatic rings. The second-order valence-corrected chi connectivity index (χ2v) is 6.32. The summed E-state index contributed by atoms with van der Waals surface area (Å²) in [5.74, 6) is 0.596. The molecule has 1 aromatic carbocycles. The normalized spacial score (nSPS) is 10.8. The van der Waals surface area contributed by atoms with Gasteiger partial charge in [-0.3, -0.25) is 9.20 Å². The summed E-state index contributed by atoms with van der Waals surface area (Å²) in [6, 6.07) is 12.3. The van der Waals surface area contributed by atoms with E-state index in [1.54, 1.807) is 30.5 Å². The lowest BCUT2D eigenvalue weighted by Gasteiger charge is -2.02. The third kappa shape index (κ3) is 3.12. The summed E-state index contributed by atoms with van der Waals surface area (Å²) in [6.07, 6.45) is 4.74. The van der Waals surface area contributed by atoms with E-state index in [0.717, 1.165) is 0 Å². The zero-order chi connectivity index (χ0) is 18.1. The molecule has 0 saturated carbocycles. The number of imidazole rings is 1. The van der Waals surface area contributed by atoms with E-state index < -0.39 is 0 Å². The molecule has 0 saturated heterocycles. The second-order valence-electron chi connectivity index (χ2n) is 5.45. The van der Waals surface area contributed by atoms with Gasteiger partial charge >= 0.3 is 0 Å². The number of carbonyl (C=O) groups excluding carboxylic acids is 1. The van der Waals surface area contributed by atoms with Crippen LogP contribution in [0.15, 0.2) is 61.2 Å². The van der Waals surface area contributed by atoms with Crippen molar-refractivity contribution in [2.45, 2.75) is 0 Å². The first-order valence-electron chi connectivity index (χ1n) is 7.63. The van der Waals surface area contributed by atoms with Crippen molar-refractivity contribution in [3.63, 3.8) is 0 Å². The lowest BCUT2D eigenvalue weighted by Crippen LogP contribution is -2.13. The summed E-state index contributed by atoms with van der Waals surface area (Å²) >= 11 is 12.2. The Morgan fingerprint density at radius 2 is 1.88 bits per heavy atom. The van der Waals surface area contributed by atoms with Crippen LogP contribution in [-0.4, -0.2) is 25.3 Å². The summed E-state index contributed by atoms with van der Waals surface area (Å²) in [5.41, 5.74) is 1.64. The van der Waals surface area contributed by atoms with Crippen molar-refractivity contribution < 1.29 is 4.79 Å². The smallest absolute Gasteiger partial charge is 0.277 e. The average Bonchev–Trinajstić information content (AvgIpc) is 3.02. The fourth-order valence-corrected chi connectivity index (χ4v) is 3.16. The van der Waals surface area contributed by atoms with Gasteiger partial charge in [0.2, 0.25) is 0 Å². The molecule has 0 bridgehead atoms. The molecule has 0 radical (unpaired) electrons. The summed E-state index contributed by atoms with van der Waals surface area (Å²) in [4.78, 5) is 25.1. The number of rotatable bonds is 3. The van der Waals surface area contributed by atoms with Gasteiger partial charge in [0.15, 0.2) is 5.69 Å². The number of benzene rings is 1. The summed E-state index contributed by atoms with van der Waals surface area (Å²) in [7, 11) is 0. The highest BCUT2D eigenvalue weighted by Gasteiger charge is 2.19. The molecule has 0 aliphatic carbocycles. The van der Waals surface area contributed by atoms with Gasteiger partial charge in [-0.15, -0.1) is 0 Å². The van der Waals surface area contributed by atoms with Crippen molar-refractivity contribution in [1.82, 2.24) is 19.4 Å². The zero-order valence-electron chi connectivity index (χ0n) is 13.2. The van der Waals surface area contributed by atoms with E-state index in [0.29, 0.717) is 32.8 Å². The molecule has 128 valence electrons. The average molecular weight is 384 g/mol. The largest absolute Gasteiger partial charge is 0.305 e. The molecule has 0 aliphatic rings. The van der Waals surface area contributed by atoms with Crippen LogP contribution >= 0.6 is 23.2 Å². The molecular weight excluding hydrogens is 373 g/mol. The molecule has 3 heterocycles. The number of anilines is 1. The van der Waals surface area contributed by atoms with Crippen LogP contribution in [0.5, 0.6) is 0 Å². The molecular formula is C18H11Cl2N5O. The topological polar surface area (TPSA) is 72.2 Å². The van der Waals surface area contributed by atoms with E-state index in [1.165, 1.54) is 6.33 Å². The minimum Gasteiger partial charge on any atom is -0.305 e. The van der Waals surface area contributed by atoms with Gasteiger partial charge in [-0.2, -0.15) is 0 Å². The first kappa shape index (κ1) is 16.5. The van der Waals surface area contributed by atoms with Crippen LogP contribution < -0.4 is 5.32 Å². The Bertz CT molecular complexity index is 1090. The third-order valence-electron chi connectivity index (χ3n) is 3.71. The molecule has 26 heavy (non-hydrogen) atoms. The van der Waals surface area contributed by atoms with Gasteiger partial charge in [-0.25, -0.2) is 15.0 Å². The van der Waals surface area contributed by atoms with Crippen LogP contribution in [0.1, 0.15) is 10.5 Å². The van der Waals surface area contributed by atoms with Gasteiger partial charge < -0.3 is 5.32 Å². The van der Waals surface area contributed by atoms with Crippen LogP contribution in [0.4, 0.5) is 5.82 Å². The molecule has 4 rings (SSSR count). The fourth-order valence-electron chi connectivity index (χ4n) is 2.63. The number of nitrogens with one attached hydrogen (secondary N) is 1. The Labute approximate surface area is 158 Å². The Kier molecular flexibility index (Phi) is 4.28. The monoisotopic (exact) mass is 383 g/mol. The van der Waals surface area contributed by atoms with E-state index in [9.17, 15) is 4.79 Å². The Morgan fingerprint density at radius 1 is 1.08 bits per heavy atom. The Morgan fingerprint density at radius 3 is 2.62 bits per heavy atom. The number of amides is 1. The summed E-state index contributed by atoms with van der Waals surface area (Å²) < 4.78 is 1.82. The Balaban J connectivity index is 1.83. The SMILES string of the molecule is O=C(Nc1ccncn1)c1nc(-c2cc(Cl)cc(Cl)c2)n2ccccc12. The molecule has 8 heteroatoms. The van der Waals surface area contributed by atoms with E-state index in [-0.39, 0.29) is 11.6 Å². The van der Waals surface area contributed by atoms with Gasteiger partial charge in [0.1, 0.15) is 18.0 Å². The summed E-state index contributed by atoms with van der Waals surface area (Å²) in [6.45, 7) is 0. The van der Waals surface area contributed by atoms with E-state index in [1.807, 2.05) is 28.8 Å². The van der Waals surface area contributed by atoms with Gasteiger partial charge in [0.25, 0.3) is 5.91 Å². The molecule has 1 N–H and O–H groups in total. The maximum absolute atomic E-state index is 12.7. The number of carbonyl (C=O) groups is 1. The maximum atomic E-state index is 12.7. The van der Waals surface area contributed by atoms with Crippen LogP contribution in [0.25, 0.3) is 16.9 Å². The van der Waals surface area contributed by atoms with Crippen LogP contribution in [0, 0.1) is 0 Å². The van der Waals surface area contributed by atoms with E-state index in [2.05, 4.69) is 20.3 Å². The Hall–Kier alpha value is -2.96. The predicted octanol–water partition coefficient (Wildman–Crippen LogP) is 4.35. The highest BCUT2D eigenvalue weighted by molar-refractivity contribution is 6.35. The quantitative estimate of drug-likeness (QED) is 0.570. The first-order valence-corrected chi connectivity index (χ1v) is 8.38. The number of halogens is 2. The number of hydrogen-bond donors (Lipinski definition) is 1. The number of aromatic nitrogens is 4. The molecule has 6 nitrogen and oxygen atoms in total. The highest BCUT2D eigenvalue weighted by Crippen LogP contribution is 2.28. The van der Waals surface area contributed by atoms with Gasteiger partial charge in [-0.05, 0) is 36.4 Å². The number of pyridine rings is 1. The minimum atomic E-state index is -0.369. The first-order chi connectivity index (χ1) is 12.6. The third-order valence-corrected chi connectivity index (χ3v) is 4.14. The molecule has 0 unspecified atom stereocenters. The lowest BCUT2D eigenvalue weighted by molar-refractivity contribution is 0.102. The van der Waals surface area contributed by atoms with Crippen LogP contribution in [-0.2, 0) is 0 Å². The van der Waals surface area contributed by atoms with Crippen molar-refractivity contribution in [2.75, 3.05) is 5.32 Å². The number of fused-ring (bicyclic) bond motifs is 1. The minimum absolute atomic E-state index is 0.273. The van der Waals surface area contributed by atoms with E-state index in [4.69, 9.17) is 23.2 Å². The van der Waals surface area contributed by atoms with Crippen molar-refractivity contribution in [3.8, 4) is 11.4 Å². The van der Waals surface area contributed by atoms with Crippen LogP contribution in [0.2, 0.25) is 10.0 Å². The number of nitrogens with zero attached hydrogens (tertiary/aromatic N) is 4.